The van der Waals surface area contributed by atoms with E-state index in [-0.39, 0.29) is 28.1 Å². The first kappa shape index (κ1) is 20.3. The van der Waals surface area contributed by atoms with Crippen molar-refractivity contribution < 1.29 is 18.4 Å². The molecule has 0 saturated heterocycles. The maximum absolute atomic E-state index is 15.2. The van der Waals surface area contributed by atoms with Gasteiger partial charge in [0, 0.05) is 22.7 Å². The number of hydrogen-bond donors (Lipinski definition) is 3. The fourth-order valence-corrected chi connectivity index (χ4v) is 4.20. The van der Waals surface area contributed by atoms with Gasteiger partial charge in [-0.15, -0.1) is 0 Å². The number of halogens is 2. The number of rotatable bonds is 3. The summed E-state index contributed by atoms with van der Waals surface area (Å²) in [4.78, 5) is 26.4. The first-order chi connectivity index (χ1) is 13.8. The average Bonchev–Trinajstić information content (AvgIpc) is 2.97. The van der Waals surface area contributed by atoms with Crippen LogP contribution in [0.25, 0.3) is 10.9 Å². The Balaban J connectivity index is 2.16. The van der Waals surface area contributed by atoms with Gasteiger partial charge in [-0.05, 0) is 44.9 Å². The highest BCUT2D eigenvalue weighted by Gasteiger charge is 2.33. The van der Waals surface area contributed by atoms with Crippen LogP contribution >= 0.6 is 0 Å². The van der Waals surface area contributed by atoms with Gasteiger partial charge in [0.05, 0.1) is 11.1 Å². The van der Waals surface area contributed by atoms with E-state index >= 15 is 4.39 Å². The van der Waals surface area contributed by atoms with E-state index in [1.54, 1.807) is 13.8 Å². The third kappa shape index (κ3) is 3.54. The van der Waals surface area contributed by atoms with Crippen molar-refractivity contribution in [3.63, 3.8) is 0 Å². The van der Waals surface area contributed by atoms with Crippen molar-refractivity contribution in [2.24, 2.45) is 5.73 Å². The third-order valence-electron chi connectivity index (χ3n) is 5.37. The lowest BCUT2D eigenvalue weighted by Gasteiger charge is -2.30. The molecule has 2 amide bonds. The zero-order valence-corrected chi connectivity index (χ0v) is 16.1. The van der Waals surface area contributed by atoms with Gasteiger partial charge in [0.1, 0.15) is 11.6 Å². The highest BCUT2D eigenvalue weighted by molar-refractivity contribution is 6.08. The monoisotopic (exact) mass is 398 g/mol. The molecular formula is C21H20F2N4O2. The number of hydrogen-bond acceptors (Lipinski definition) is 3. The molecule has 8 heteroatoms. The summed E-state index contributed by atoms with van der Waals surface area (Å²) >= 11 is 0. The molecule has 0 spiro atoms. The third-order valence-corrected chi connectivity index (χ3v) is 5.37. The van der Waals surface area contributed by atoms with Crippen molar-refractivity contribution in [1.82, 2.24) is 10.3 Å². The summed E-state index contributed by atoms with van der Waals surface area (Å²) < 4.78 is 29.9. The molecule has 1 fully saturated rings. The maximum atomic E-state index is 15.2. The van der Waals surface area contributed by atoms with Crippen molar-refractivity contribution >= 4 is 22.7 Å². The quantitative estimate of drug-likeness (QED) is 0.691. The molecule has 2 aromatic rings. The Morgan fingerprint density at radius 3 is 2.62 bits per heavy atom. The number of H-pyrrole nitrogens is 1. The minimum atomic E-state index is -1.33. The predicted octanol–water partition coefficient (Wildman–Crippen LogP) is 2.89. The molecule has 1 aromatic carbocycles. The van der Waals surface area contributed by atoms with E-state index in [1.807, 2.05) is 6.07 Å². The normalized spacial score (nSPS) is 18.6. The first-order valence-corrected chi connectivity index (χ1v) is 9.26. The Morgan fingerprint density at radius 1 is 1.28 bits per heavy atom. The zero-order valence-electron chi connectivity index (χ0n) is 16.1. The number of nitriles is 1. The SMILES string of the molecule is CC#CC(=O)NC1CCCC(c2c(F)c(F)c(C(N)=O)c3[nH]c(C)c(C#N)c23)C1. The summed E-state index contributed by atoms with van der Waals surface area (Å²) in [6.07, 6.45) is 2.30. The molecule has 3 rings (SSSR count). The first-order valence-electron chi connectivity index (χ1n) is 9.26. The number of nitrogens with two attached hydrogens (primary N) is 1. The van der Waals surface area contributed by atoms with Crippen molar-refractivity contribution in [3.05, 3.63) is 34.0 Å². The molecule has 0 bridgehead atoms. The molecule has 1 heterocycles. The summed E-state index contributed by atoms with van der Waals surface area (Å²) in [5.41, 5.74) is 5.31. The van der Waals surface area contributed by atoms with Crippen molar-refractivity contribution in [2.75, 3.05) is 0 Å². The molecule has 2 unspecified atom stereocenters. The van der Waals surface area contributed by atoms with Crippen LogP contribution in [-0.4, -0.2) is 22.8 Å². The van der Waals surface area contributed by atoms with Crippen LogP contribution in [0.2, 0.25) is 0 Å². The number of nitrogens with zero attached hydrogens (tertiary/aromatic N) is 1. The van der Waals surface area contributed by atoms with Gasteiger partial charge >= 0.3 is 0 Å². The van der Waals surface area contributed by atoms with E-state index in [9.17, 15) is 19.2 Å². The number of nitrogens with one attached hydrogen (secondary N) is 2. The molecular weight excluding hydrogens is 378 g/mol. The van der Waals surface area contributed by atoms with Crippen LogP contribution in [0.3, 0.4) is 0 Å². The fraction of sp³-hybridized carbons (Fsp3) is 0.381. The van der Waals surface area contributed by atoms with Crippen molar-refractivity contribution in [2.45, 2.75) is 51.5 Å². The Kier molecular flexibility index (Phi) is 5.56. The molecule has 150 valence electrons. The lowest BCUT2D eigenvalue weighted by molar-refractivity contribution is -0.116. The number of primary amides is 1. The summed E-state index contributed by atoms with van der Waals surface area (Å²) in [5.74, 6) is 0.449. The molecule has 1 saturated carbocycles. The van der Waals surface area contributed by atoms with Crippen molar-refractivity contribution in [3.8, 4) is 17.9 Å². The number of amides is 2. The highest BCUT2D eigenvalue weighted by atomic mass is 19.2. The second kappa shape index (κ2) is 7.92. The largest absolute Gasteiger partial charge is 0.365 e. The standard InChI is InChI=1S/C21H20F2N4O2/c1-3-5-14(28)27-12-7-4-6-11(8-12)15-16-13(9-24)10(2)26-20(16)17(21(25)29)19(23)18(15)22/h11-12,26H,4,6-8H2,1-2H3,(H2,25,29)(H,27,28). The van der Waals surface area contributed by atoms with Crippen molar-refractivity contribution in [1.29, 1.82) is 5.26 Å². The second-order valence-electron chi connectivity index (χ2n) is 7.18. The summed E-state index contributed by atoms with van der Waals surface area (Å²) in [6.45, 7) is 3.15. The molecule has 0 radical (unpaired) electrons. The van der Waals surface area contributed by atoms with Gasteiger partial charge in [-0.25, -0.2) is 8.78 Å². The topological polar surface area (TPSA) is 112 Å². The van der Waals surface area contributed by atoms with E-state index in [4.69, 9.17) is 5.73 Å². The van der Waals surface area contributed by atoms with Crippen LogP contribution in [-0.2, 0) is 4.79 Å². The smallest absolute Gasteiger partial charge is 0.296 e. The highest BCUT2D eigenvalue weighted by Crippen LogP contribution is 2.42. The van der Waals surface area contributed by atoms with Gasteiger partial charge in [0.25, 0.3) is 11.8 Å². The minimum Gasteiger partial charge on any atom is -0.365 e. The molecule has 0 aliphatic heterocycles. The van der Waals surface area contributed by atoms with Gasteiger partial charge in [0.15, 0.2) is 11.6 Å². The van der Waals surface area contributed by atoms with Crippen LogP contribution in [0.4, 0.5) is 8.78 Å². The lowest BCUT2D eigenvalue weighted by Crippen LogP contribution is -2.37. The predicted molar refractivity (Wildman–Crippen MR) is 103 cm³/mol. The van der Waals surface area contributed by atoms with Crippen LogP contribution in [0.1, 0.15) is 65.7 Å². The van der Waals surface area contributed by atoms with Crippen LogP contribution in [0.5, 0.6) is 0 Å². The van der Waals surface area contributed by atoms with Crippen LogP contribution in [0, 0.1) is 41.7 Å². The number of fused-ring (bicyclic) bond motifs is 1. The van der Waals surface area contributed by atoms with E-state index in [0.717, 1.165) is 0 Å². The number of aryl methyl sites for hydroxylation is 1. The number of aromatic amines is 1. The Hall–Kier alpha value is -3.39. The number of carbonyl (C=O) groups excluding carboxylic acids is 2. The maximum Gasteiger partial charge on any atom is 0.296 e. The van der Waals surface area contributed by atoms with Crippen LogP contribution < -0.4 is 11.1 Å². The van der Waals surface area contributed by atoms with Gasteiger partial charge in [-0.3, -0.25) is 9.59 Å². The molecule has 6 nitrogen and oxygen atoms in total. The molecule has 2 atom stereocenters. The second-order valence-corrected chi connectivity index (χ2v) is 7.18. The molecule has 1 aromatic heterocycles. The van der Waals surface area contributed by atoms with Gasteiger partial charge in [-0.2, -0.15) is 5.26 Å². The molecule has 4 N–H and O–H groups in total. The molecule has 29 heavy (non-hydrogen) atoms. The van der Waals surface area contributed by atoms with Crippen LogP contribution in [0.15, 0.2) is 0 Å². The summed E-state index contributed by atoms with van der Waals surface area (Å²) in [5, 5.41) is 12.5. The minimum absolute atomic E-state index is 0.0310. The Morgan fingerprint density at radius 2 is 2.00 bits per heavy atom. The Labute approximate surface area is 166 Å². The number of aromatic nitrogens is 1. The number of benzene rings is 1. The Bertz CT molecular complexity index is 1120. The fourth-order valence-electron chi connectivity index (χ4n) is 4.20. The number of carbonyl (C=O) groups is 2. The molecule has 1 aliphatic rings. The average molecular weight is 398 g/mol. The van der Waals surface area contributed by atoms with Gasteiger partial charge in [-0.1, -0.05) is 12.3 Å². The molecule has 1 aliphatic carbocycles. The van der Waals surface area contributed by atoms with E-state index in [2.05, 4.69) is 22.1 Å². The van der Waals surface area contributed by atoms with E-state index in [0.29, 0.717) is 31.4 Å². The summed E-state index contributed by atoms with van der Waals surface area (Å²) in [7, 11) is 0. The lowest BCUT2D eigenvalue weighted by atomic mass is 9.79. The zero-order chi connectivity index (χ0) is 21.3. The van der Waals surface area contributed by atoms with Gasteiger partial charge in [0.2, 0.25) is 0 Å². The van der Waals surface area contributed by atoms with E-state index < -0.39 is 34.9 Å². The summed E-state index contributed by atoms with van der Waals surface area (Å²) in [6, 6.07) is 1.76. The van der Waals surface area contributed by atoms with E-state index in [1.165, 1.54) is 0 Å². The van der Waals surface area contributed by atoms with Gasteiger partial charge < -0.3 is 16.0 Å².